The Morgan fingerprint density at radius 2 is 1.27 bits per heavy atom. The zero-order valence-electron chi connectivity index (χ0n) is 21.6. The number of anilines is 2. The molecular formula is C33H23ClN2O5. The van der Waals surface area contributed by atoms with Crippen molar-refractivity contribution in [3.05, 3.63) is 130 Å². The maximum absolute atomic E-state index is 14.0. The highest BCUT2D eigenvalue weighted by Gasteiger charge is 2.61. The number of rotatable bonds is 5. The standard InChI is InChI=1S/C33H23ClN2O5/c34-19-12-14-20(15-13-19)35-26(37)17-41-33(40)18-6-5-7-21(16-18)36-31(38)29-27-22-8-1-2-9-23(22)28(30(29)32(36)39)25-11-4-3-10-24(25)27/h1-16,27-30H,17H2,(H,35,37)/t27?,28?,29-,30+. The molecule has 2 bridgehead atoms. The Kier molecular flexibility index (Phi) is 5.98. The third-order valence-electron chi connectivity index (χ3n) is 8.25. The minimum absolute atomic E-state index is 0.131. The number of nitrogens with one attached hydrogen (secondary N) is 1. The lowest BCUT2D eigenvalue weighted by Crippen LogP contribution is -2.41. The Hall–Kier alpha value is -4.75. The zero-order chi connectivity index (χ0) is 28.2. The molecule has 8 rings (SSSR count). The van der Waals surface area contributed by atoms with E-state index in [1.807, 2.05) is 24.3 Å². The van der Waals surface area contributed by atoms with Gasteiger partial charge in [-0.1, -0.05) is 66.2 Å². The van der Waals surface area contributed by atoms with Crippen molar-refractivity contribution in [2.75, 3.05) is 16.8 Å². The first-order valence-corrected chi connectivity index (χ1v) is 13.7. The average molecular weight is 563 g/mol. The highest BCUT2D eigenvalue weighted by Crippen LogP contribution is 2.61. The van der Waals surface area contributed by atoms with Crippen LogP contribution in [0.25, 0.3) is 0 Å². The van der Waals surface area contributed by atoms with Gasteiger partial charge in [0.2, 0.25) is 11.8 Å². The molecule has 41 heavy (non-hydrogen) atoms. The van der Waals surface area contributed by atoms with Crippen LogP contribution in [0, 0.1) is 11.8 Å². The number of esters is 1. The number of halogens is 1. The van der Waals surface area contributed by atoms with Gasteiger partial charge in [0.15, 0.2) is 6.61 Å². The van der Waals surface area contributed by atoms with Crippen molar-refractivity contribution in [1.82, 2.24) is 0 Å². The summed E-state index contributed by atoms with van der Waals surface area (Å²) in [5.74, 6) is -3.28. The van der Waals surface area contributed by atoms with E-state index < -0.39 is 30.3 Å². The molecule has 1 N–H and O–H groups in total. The normalized spacial score (nSPS) is 21.6. The molecule has 202 valence electrons. The number of nitrogens with zero attached hydrogens (tertiary/aromatic N) is 1. The fraction of sp³-hybridized carbons (Fsp3) is 0.152. The quantitative estimate of drug-likeness (QED) is 0.255. The van der Waals surface area contributed by atoms with Crippen molar-refractivity contribution in [3.8, 4) is 0 Å². The molecule has 0 saturated carbocycles. The summed E-state index contributed by atoms with van der Waals surface area (Å²) < 4.78 is 5.22. The third kappa shape index (κ3) is 4.04. The average Bonchev–Trinajstić information content (AvgIpc) is 3.27. The van der Waals surface area contributed by atoms with Gasteiger partial charge < -0.3 is 10.1 Å². The molecule has 3 amide bonds. The minimum Gasteiger partial charge on any atom is -0.452 e. The van der Waals surface area contributed by atoms with Crippen molar-refractivity contribution in [2.24, 2.45) is 11.8 Å². The van der Waals surface area contributed by atoms with E-state index in [-0.39, 0.29) is 29.2 Å². The van der Waals surface area contributed by atoms with Gasteiger partial charge in [-0.25, -0.2) is 9.69 Å². The second-order valence-electron chi connectivity index (χ2n) is 10.5. The number of benzene rings is 4. The molecule has 4 aromatic carbocycles. The number of amides is 3. The van der Waals surface area contributed by atoms with Gasteiger partial charge in [0.05, 0.1) is 23.1 Å². The predicted octanol–water partition coefficient (Wildman–Crippen LogP) is 5.53. The second kappa shape index (κ2) is 9.71. The Morgan fingerprint density at radius 3 is 1.80 bits per heavy atom. The van der Waals surface area contributed by atoms with Crippen LogP contribution in [0.2, 0.25) is 5.02 Å². The van der Waals surface area contributed by atoms with Gasteiger partial charge in [-0.05, 0) is 64.7 Å². The predicted molar refractivity (Wildman–Crippen MR) is 153 cm³/mol. The summed E-state index contributed by atoms with van der Waals surface area (Å²) in [6.45, 7) is -0.503. The number of ether oxygens (including phenoxy) is 1. The molecule has 1 aliphatic heterocycles. The molecule has 1 heterocycles. The fourth-order valence-electron chi connectivity index (χ4n) is 6.65. The highest BCUT2D eigenvalue weighted by atomic mass is 35.5. The van der Waals surface area contributed by atoms with E-state index in [9.17, 15) is 19.2 Å². The summed E-state index contributed by atoms with van der Waals surface area (Å²) in [6.07, 6.45) is 0. The smallest absolute Gasteiger partial charge is 0.338 e. The Balaban J connectivity index is 1.13. The molecule has 2 atom stereocenters. The van der Waals surface area contributed by atoms with Crippen molar-refractivity contribution < 1.29 is 23.9 Å². The lowest BCUT2D eigenvalue weighted by molar-refractivity contribution is -0.122. The molecular weight excluding hydrogens is 540 g/mol. The molecule has 0 unspecified atom stereocenters. The lowest BCUT2D eigenvalue weighted by Gasteiger charge is -2.45. The Morgan fingerprint density at radius 1 is 0.732 bits per heavy atom. The molecule has 4 aromatic rings. The maximum Gasteiger partial charge on any atom is 0.338 e. The van der Waals surface area contributed by atoms with Crippen LogP contribution in [0.15, 0.2) is 97.1 Å². The number of carbonyl (C=O) groups is 4. The summed E-state index contributed by atoms with van der Waals surface area (Å²) in [4.78, 5) is 54.3. The monoisotopic (exact) mass is 562 g/mol. The fourth-order valence-corrected chi connectivity index (χ4v) is 6.77. The van der Waals surface area contributed by atoms with E-state index in [1.54, 1.807) is 36.4 Å². The zero-order valence-corrected chi connectivity index (χ0v) is 22.4. The topological polar surface area (TPSA) is 92.8 Å². The highest BCUT2D eigenvalue weighted by molar-refractivity contribution is 6.30. The number of hydrogen-bond acceptors (Lipinski definition) is 5. The lowest BCUT2D eigenvalue weighted by atomic mass is 9.55. The first-order chi connectivity index (χ1) is 19.9. The minimum atomic E-state index is -0.741. The Bertz CT molecular complexity index is 1640. The molecule has 4 aliphatic rings. The molecule has 8 heteroatoms. The largest absolute Gasteiger partial charge is 0.452 e. The summed E-state index contributed by atoms with van der Waals surface area (Å²) in [5.41, 5.74) is 5.32. The van der Waals surface area contributed by atoms with Gasteiger partial charge in [0, 0.05) is 22.5 Å². The van der Waals surface area contributed by atoms with Gasteiger partial charge in [-0.2, -0.15) is 0 Å². The second-order valence-corrected chi connectivity index (χ2v) is 10.9. The summed E-state index contributed by atoms with van der Waals surface area (Å²) >= 11 is 5.86. The van der Waals surface area contributed by atoms with E-state index >= 15 is 0 Å². The van der Waals surface area contributed by atoms with E-state index in [4.69, 9.17) is 16.3 Å². The van der Waals surface area contributed by atoms with Gasteiger partial charge in [0.25, 0.3) is 5.91 Å². The van der Waals surface area contributed by atoms with Gasteiger partial charge >= 0.3 is 5.97 Å². The SMILES string of the molecule is O=C(COC(=O)c1cccc(N2C(=O)[C@@H]3C4c5ccccc5C(c5ccccc54)[C@@H]3C2=O)c1)Nc1ccc(Cl)cc1. The van der Waals surface area contributed by atoms with Gasteiger partial charge in [0.1, 0.15) is 0 Å². The molecule has 0 radical (unpaired) electrons. The van der Waals surface area contributed by atoms with E-state index in [0.29, 0.717) is 16.4 Å². The number of hydrogen-bond donors (Lipinski definition) is 1. The van der Waals surface area contributed by atoms with Gasteiger partial charge in [-0.15, -0.1) is 0 Å². The molecule has 7 nitrogen and oxygen atoms in total. The third-order valence-corrected chi connectivity index (χ3v) is 8.50. The van der Waals surface area contributed by atoms with Crippen molar-refractivity contribution >= 4 is 46.7 Å². The summed E-state index contributed by atoms with van der Waals surface area (Å²) in [5, 5.41) is 3.16. The van der Waals surface area contributed by atoms with Crippen LogP contribution in [0.5, 0.6) is 0 Å². The molecule has 1 saturated heterocycles. The van der Waals surface area contributed by atoms with Crippen molar-refractivity contribution in [3.63, 3.8) is 0 Å². The molecule has 3 aliphatic carbocycles. The summed E-state index contributed by atoms with van der Waals surface area (Å²) in [6, 6.07) is 28.9. The van der Waals surface area contributed by atoms with E-state index in [2.05, 4.69) is 29.6 Å². The molecule has 0 spiro atoms. The summed E-state index contributed by atoms with van der Waals surface area (Å²) in [7, 11) is 0. The molecule has 1 fully saturated rings. The van der Waals surface area contributed by atoms with E-state index in [1.165, 1.54) is 17.0 Å². The van der Waals surface area contributed by atoms with Crippen LogP contribution in [0.1, 0.15) is 44.4 Å². The van der Waals surface area contributed by atoms with Crippen LogP contribution in [0.4, 0.5) is 11.4 Å². The van der Waals surface area contributed by atoms with Gasteiger partial charge in [-0.3, -0.25) is 14.4 Å². The maximum atomic E-state index is 14.0. The Labute approximate surface area is 240 Å². The number of imide groups is 1. The van der Waals surface area contributed by atoms with Crippen LogP contribution in [0.3, 0.4) is 0 Å². The number of carbonyl (C=O) groups excluding carboxylic acids is 4. The van der Waals surface area contributed by atoms with E-state index in [0.717, 1.165) is 22.3 Å². The van der Waals surface area contributed by atoms with Crippen LogP contribution in [-0.4, -0.2) is 30.3 Å². The first kappa shape index (κ1) is 25.2. The van der Waals surface area contributed by atoms with Crippen molar-refractivity contribution in [1.29, 1.82) is 0 Å². The van der Waals surface area contributed by atoms with Crippen molar-refractivity contribution in [2.45, 2.75) is 11.8 Å². The van der Waals surface area contributed by atoms with Crippen LogP contribution in [-0.2, 0) is 19.1 Å². The van der Waals surface area contributed by atoms with Crippen LogP contribution < -0.4 is 10.2 Å². The first-order valence-electron chi connectivity index (χ1n) is 13.3. The molecule has 0 aromatic heterocycles. The van der Waals surface area contributed by atoms with Crippen LogP contribution >= 0.6 is 11.6 Å².